The first-order valence-electron chi connectivity index (χ1n) is 11.3. The molecule has 17 nitrogen and oxygen atoms in total. The molecule has 5 rings (SSSR count). The maximum atomic E-state index is 12.5. The largest absolute Gasteiger partial charge is 0.476 e. The Bertz CT molecular complexity index is 1310. The Morgan fingerprint density at radius 2 is 1.73 bits per heavy atom. The normalized spacial score (nSPS) is 30.8. The summed E-state index contributed by atoms with van der Waals surface area (Å²) >= 11 is 0. The average Bonchev–Trinajstić information content (AvgIpc) is 3.43. The monoisotopic (exact) mass is 585 g/mol. The van der Waals surface area contributed by atoms with Gasteiger partial charge >= 0.3 is 23.0 Å². The molecule has 1 saturated carbocycles. The average molecular weight is 585 g/mol. The molecule has 3 aliphatic rings. The molecule has 2 saturated heterocycles. The third-order valence-corrected chi connectivity index (χ3v) is 11.6. The predicted octanol–water partition coefficient (Wildman–Crippen LogP) is 1.20. The fourth-order valence-electron chi connectivity index (χ4n) is 4.89. The van der Waals surface area contributed by atoms with Crippen molar-refractivity contribution in [3.63, 3.8) is 0 Å². The Hall–Kier alpha value is -1.32. The van der Waals surface area contributed by atoms with E-state index in [-0.39, 0.29) is 5.82 Å². The molecule has 20 heteroatoms. The lowest BCUT2D eigenvalue weighted by atomic mass is 9.94. The number of hydrogen-bond donors (Lipinski definition) is 5. The summed E-state index contributed by atoms with van der Waals surface area (Å²) in [5.41, 5.74) is 6.61. The summed E-state index contributed by atoms with van der Waals surface area (Å²) in [5.74, 6) is -2.24. The van der Waals surface area contributed by atoms with Gasteiger partial charge in [-0.3, -0.25) is 13.7 Å². The van der Waals surface area contributed by atoms with E-state index in [1.54, 1.807) is 4.57 Å². The molecule has 0 radical (unpaired) electrons. The number of phosphoric acid groups is 1. The van der Waals surface area contributed by atoms with Crippen LogP contribution in [-0.4, -0.2) is 75.7 Å². The summed E-state index contributed by atoms with van der Waals surface area (Å²) in [6, 6.07) is 0. The smallest absolute Gasteiger partial charge is 0.382 e. The van der Waals surface area contributed by atoms with E-state index >= 15 is 0 Å². The SMILES string of the molecule is Nc1ncnc2c1ncn2[C@@H]1O[C@H](COP(=O)(O)CP(=O)(O)OP(=O)(O)O)[C@H]2OC3(CCCCC3)O[C@H]21. The van der Waals surface area contributed by atoms with Crippen molar-refractivity contribution < 1.29 is 56.3 Å². The number of ether oxygens (including phenoxy) is 3. The molecule has 2 unspecified atom stereocenters. The van der Waals surface area contributed by atoms with Crippen molar-refractivity contribution in [2.75, 3.05) is 18.2 Å². The second kappa shape index (κ2) is 9.70. The van der Waals surface area contributed by atoms with Gasteiger partial charge in [-0.15, -0.1) is 0 Å². The summed E-state index contributed by atoms with van der Waals surface area (Å²) in [4.78, 5) is 49.6. The van der Waals surface area contributed by atoms with Gasteiger partial charge in [-0.1, -0.05) is 6.42 Å². The fraction of sp³-hybridized carbons (Fsp3) is 0.706. The molecular formula is C17H26N5O12P3. The van der Waals surface area contributed by atoms with Crippen LogP contribution in [0.2, 0.25) is 0 Å². The van der Waals surface area contributed by atoms with Crippen LogP contribution >= 0.6 is 23.0 Å². The van der Waals surface area contributed by atoms with Gasteiger partial charge in [0.2, 0.25) is 0 Å². The number of aromatic nitrogens is 4. The third kappa shape index (κ3) is 5.83. The standard InChI is InChI=1S/C17H26N5O12P3/c18-14-11-15(20-7-19-14)22(8-21-11)16-13-12(32-17(33-13)4-2-1-3-5-17)10(31-16)6-30-35(23,24)9-36(25,26)34-37(27,28)29/h7-8,10,12-13,16H,1-6,9H2,(H,23,24)(H,25,26)(H2,18,19,20)(H2,27,28,29)/t10-,12-,13-,16-/m1/s1. The highest BCUT2D eigenvalue weighted by atomic mass is 31.3. The van der Waals surface area contributed by atoms with Crippen molar-refractivity contribution in [1.29, 1.82) is 0 Å². The van der Waals surface area contributed by atoms with Gasteiger partial charge in [0.05, 0.1) is 12.9 Å². The van der Waals surface area contributed by atoms with E-state index in [2.05, 4.69) is 19.3 Å². The van der Waals surface area contributed by atoms with Gasteiger partial charge in [0.1, 0.15) is 30.2 Å². The second-order valence-corrected chi connectivity index (χ2v) is 14.6. The zero-order chi connectivity index (χ0) is 26.6. The molecule has 0 amide bonds. The fourth-order valence-corrected chi connectivity index (χ4v) is 9.40. The summed E-state index contributed by atoms with van der Waals surface area (Å²) in [7, 11) is -15.4. The Morgan fingerprint density at radius 3 is 2.43 bits per heavy atom. The number of anilines is 1. The zero-order valence-electron chi connectivity index (χ0n) is 19.2. The first kappa shape index (κ1) is 27.3. The van der Waals surface area contributed by atoms with Crippen LogP contribution in [0.4, 0.5) is 5.82 Å². The molecule has 2 aliphatic heterocycles. The number of nitrogens with zero attached hydrogens (tertiary/aromatic N) is 4. The Labute approximate surface area is 209 Å². The highest BCUT2D eigenvalue weighted by molar-refractivity contribution is 7.74. The van der Waals surface area contributed by atoms with Crippen molar-refractivity contribution in [2.45, 2.75) is 62.4 Å². The van der Waals surface area contributed by atoms with Crippen LogP contribution in [0.5, 0.6) is 0 Å². The summed E-state index contributed by atoms with van der Waals surface area (Å²) in [5, 5.41) is 0. The van der Waals surface area contributed by atoms with Crippen molar-refractivity contribution in [3.05, 3.63) is 12.7 Å². The second-order valence-electron chi connectivity index (χ2n) is 9.07. The summed E-state index contributed by atoms with van der Waals surface area (Å²) in [6.45, 7) is -0.565. The molecule has 4 heterocycles. The first-order chi connectivity index (χ1) is 17.3. The number of imidazole rings is 1. The Kier molecular flexibility index (Phi) is 7.15. The van der Waals surface area contributed by atoms with Crippen LogP contribution in [0, 0.1) is 0 Å². The molecule has 2 aromatic heterocycles. The van der Waals surface area contributed by atoms with E-state index in [4.69, 9.17) is 34.3 Å². The molecule has 6 atom stereocenters. The zero-order valence-corrected chi connectivity index (χ0v) is 21.9. The van der Waals surface area contributed by atoms with Crippen molar-refractivity contribution in [2.24, 2.45) is 0 Å². The van der Waals surface area contributed by atoms with Crippen molar-refractivity contribution >= 4 is 40.0 Å². The van der Waals surface area contributed by atoms with Crippen LogP contribution in [-0.2, 0) is 36.7 Å². The van der Waals surface area contributed by atoms with E-state index in [1.807, 2.05) is 0 Å². The quantitative estimate of drug-likeness (QED) is 0.273. The van der Waals surface area contributed by atoms with Crippen molar-refractivity contribution in [1.82, 2.24) is 19.5 Å². The first-order valence-corrected chi connectivity index (χ1v) is 16.3. The molecule has 0 bridgehead atoms. The molecule has 206 valence electrons. The minimum Gasteiger partial charge on any atom is -0.382 e. The Morgan fingerprint density at radius 1 is 1.03 bits per heavy atom. The van der Waals surface area contributed by atoms with Gasteiger partial charge in [0.25, 0.3) is 0 Å². The van der Waals surface area contributed by atoms with Crippen LogP contribution in [0.15, 0.2) is 12.7 Å². The van der Waals surface area contributed by atoms with Crippen LogP contribution in [0.25, 0.3) is 11.2 Å². The molecule has 2 aromatic rings. The number of fused-ring (bicyclic) bond motifs is 2. The molecule has 3 fully saturated rings. The van der Waals surface area contributed by atoms with Gasteiger partial charge in [0.15, 0.2) is 29.4 Å². The number of nitrogen functional groups attached to an aromatic ring is 1. The predicted molar refractivity (Wildman–Crippen MR) is 123 cm³/mol. The topological polar surface area (TPSA) is 248 Å². The molecule has 1 spiro atoms. The van der Waals surface area contributed by atoms with Crippen LogP contribution in [0.3, 0.4) is 0 Å². The van der Waals surface area contributed by atoms with E-state index in [0.717, 1.165) is 19.3 Å². The Balaban J connectivity index is 1.37. The lowest BCUT2D eigenvalue weighted by Crippen LogP contribution is -2.37. The molecule has 1 aliphatic carbocycles. The minimum absolute atomic E-state index is 0.165. The highest BCUT2D eigenvalue weighted by Crippen LogP contribution is 2.65. The van der Waals surface area contributed by atoms with E-state index < -0.39 is 65.9 Å². The summed E-state index contributed by atoms with van der Waals surface area (Å²) in [6.07, 6.45) is 3.60. The van der Waals surface area contributed by atoms with Gasteiger partial charge < -0.3 is 44.0 Å². The van der Waals surface area contributed by atoms with Crippen molar-refractivity contribution in [3.8, 4) is 0 Å². The number of nitrogens with two attached hydrogens (primary N) is 1. The lowest BCUT2D eigenvalue weighted by Gasteiger charge is -2.34. The van der Waals surface area contributed by atoms with Gasteiger partial charge in [-0.25, -0.2) is 23.8 Å². The van der Waals surface area contributed by atoms with Crippen LogP contribution < -0.4 is 5.73 Å². The van der Waals surface area contributed by atoms with E-state index in [9.17, 15) is 23.5 Å². The van der Waals surface area contributed by atoms with Gasteiger partial charge in [0, 0.05) is 12.8 Å². The summed E-state index contributed by atoms with van der Waals surface area (Å²) < 4.78 is 64.4. The molecule has 6 N–H and O–H groups in total. The molecule has 37 heavy (non-hydrogen) atoms. The molecule has 0 aromatic carbocycles. The van der Waals surface area contributed by atoms with Crippen LogP contribution in [0.1, 0.15) is 38.3 Å². The maximum Gasteiger partial charge on any atom is 0.476 e. The van der Waals surface area contributed by atoms with E-state index in [0.29, 0.717) is 24.0 Å². The highest BCUT2D eigenvalue weighted by Gasteiger charge is 2.59. The van der Waals surface area contributed by atoms with Gasteiger partial charge in [-0.05, 0) is 12.8 Å². The lowest BCUT2D eigenvalue weighted by molar-refractivity contribution is -0.232. The van der Waals surface area contributed by atoms with E-state index in [1.165, 1.54) is 12.7 Å². The van der Waals surface area contributed by atoms with Gasteiger partial charge in [-0.2, -0.15) is 0 Å². The molecular weight excluding hydrogens is 559 g/mol. The third-order valence-electron chi connectivity index (χ3n) is 6.30. The maximum absolute atomic E-state index is 12.5. The number of rotatable bonds is 8. The number of hydrogen-bond acceptors (Lipinski definition) is 12. The minimum atomic E-state index is -5.40.